The lowest BCUT2D eigenvalue weighted by atomic mass is 10.2. The molecule has 2 N–H and O–H groups in total. The first-order chi connectivity index (χ1) is 9.74. The fourth-order valence-corrected chi connectivity index (χ4v) is 1.94. The summed E-state index contributed by atoms with van der Waals surface area (Å²) in [6.45, 7) is 0.449. The van der Waals surface area contributed by atoms with E-state index < -0.39 is 0 Å². The van der Waals surface area contributed by atoms with Gasteiger partial charge in [-0.25, -0.2) is 4.98 Å². The molecule has 0 unspecified atom stereocenters. The molecule has 0 amide bonds. The molecule has 5 heteroatoms. The van der Waals surface area contributed by atoms with Crippen LogP contribution >= 0.6 is 0 Å². The molecule has 1 fully saturated rings. The molecule has 3 rings (SSSR count). The standard InChI is InChI=1S/C15H17N3O2/c1-19-12-6-2-10(3-7-12)9-20-14-8-13(16)17-15(18-14)11-4-5-11/h2-3,6-8,11H,4-5,9H2,1H3,(H2,16,17,18). The third kappa shape index (κ3) is 2.99. The van der Waals surface area contributed by atoms with Crippen LogP contribution in [0.15, 0.2) is 30.3 Å². The maximum absolute atomic E-state index is 5.78. The molecule has 0 atom stereocenters. The monoisotopic (exact) mass is 271 g/mol. The molecule has 1 aromatic heterocycles. The number of nitrogens with two attached hydrogens (primary N) is 1. The minimum absolute atomic E-state index is 0.449. The number of nitrogen functional groups attached to an aromatic ring is 1. The summed E-state index contributed by atoms with van der Waals surface area (Å²) >= 11 is 0. The average molecular weight is 271 g/mol. The Balaban J connectivity index is 1.67. The van der Waals surface area contributed by atoms with Gasteiger partial charge in [-0.2, -0.15) is 4.98 Å². The van der Waals surface area contributed by atoms with Gasteiger partial charge in [-0.05, 0) is 30.5 Å². The Hall–Kier alpha value is -2.30. The van der Waals surface area contributed by atoms with E-state index in [4.69, 9.17) is 15.2 Å². The molecule has 1 aliphatic rings. The number of rotatable bonds is 5. The molecule has 2 aromatic rings. The van der Waals surface area contributed by atoms with Gasteiger partial charge in [-0.1, -0.05) is 12.1 Å². The normalized spacial score (nSPS) is 14.1. The van der Waals surface area contributed by atoms with Crippen molar-refractivity contribution >= 4 is 5.82 Å². The second-order valence-electron chi connectivity index (χ2n) is 4.90. The first-order valence-corrected chi connectivity index (χ1v) is 6.65. The van der Waals surface area contributed by atoms with Crippen LogP contribution in [0.3, 0.4) is 0 Å². The first kappa shape index (κ1) is 12.7. The van der Waals surface area contributed by atoms with Gasteiger partial charge in [0.25, 0.3) is 0 Å². The first-order valence-electron chi connectivity index (χ1n) is 6.65. The number of hydrogen-bond acceptors (Lipinski definition) is 5. The molecule has 0 saturated heterocycles. The highest BCUT2D eigenvalue weighted by molar-refractivity contribution is 5.34. The smallest absolute Gasteiger partial charge is 0.219 e. The van der Waals surface area contributed by atoms with Gasteiger partial charge in [0.2, 0.25) is 5.88 Å². The number of hydrogen-bond donors (Lipinski definition) is 1. The largest absolute Gasteiger partial charge is 0.497 e. The molecular weight excluding hydrogens is 254 g/mol. The zero-order valence-electron chi connectivity index (χ0n) is 11.4. The number of aromatic nitrogens is 2. The van der Waals surface area contributed by atoms with Crippen LogP contribution in [0.25, 0.3) is 0 Å². The summed E-state index contributed by atoms with van der Waals surface area (Å²) in [7, 11) is 1.65. The van der Waals surface area contributed by atoms with Crippen LogP contribution in [0.4, 0.5) is 5.82 Å². The van der Waals surface area contributed by atoms with Crippen molar-refractivity contribution in [3.05, 3.63) is 41.7 Å². The van der Waals surface area contributed by atoms with Gasteiger partial charge in [0.1, 0.15) is 24.0 Å². The molecule has 0 radical (unpaired) electrons. The van der Waals surface area contributed by atoms with E-state index in [1.807, 2.05) is 24.3 Å². The van der Waals surface area contributed by atoms with Gasteiger partial charge >= 0.3 is 0 Å². The molecule has 0 spiro atoms. The predicted octanol–water partition coefficient (Wildman–Crippen LogP) is 2.52. The van der Waals surface area contributed by atoms with E-state index in [-0.39, 0.29) is 0 Å². The molecule has 104 valence electrons. The average Bonchev–Trinajstić information content (AvgIpc) is 3.30. The van der Waals surface area contributed by atoms with E-state index in [2.05, 4.69) is 9.97 Å². The molecule has 1 aliphatic carbocycles. The zero-order valence-corrected chi connectivity index (χ0v) is 11.4. The summed E-state index contributed by atoms with van der Waals surface area (Å²) in [5.41, 5.74) is 6.84. The number of anilines is 1. The minimum atomic E-state index is 0.449. The summed E-state index contributed by atoms with van der Waals surface area (Å²) < 4.78 is 10.8. The number of ether oxygens (including phenoxy) is 2. The van der Waals surface area contributed by atoms with Crippen LogP contribution < -0.4 is 15.2 Å². The molecule has 1 aromatic carbocycles. The lowest BCUT2D eigenvalue weighted by Gasteiger charge is -2.08. The maximum atomic E-state index is 5.78. The minimum Gasteiger partial charge on any atom is -0.497 e. The van der Waals surface area contributed by atoms with Crippen molar-refractivity contribution in [1.29, 1.82) is 0 Å². The Morgan fingerprint density at radius 1 is 1.20 bits per heavy atom. The topological polar surface area (TPSA) is 70.3 Å². The van der Waals surface area contributed by atoms with Crippen LogP contribution in [-0.4, -0.2) is 17.1 Å². The van der Waals surface area contributed by atoms with E-state index >= 15 is 0 Å². The highest BCUT2D eigenvalue weighted by Gasteiger charge is 2.27. The van der Waals surface area contributed by atoms with Gasteiger partial charge in [0, 0.05) is 12.0 Å². The van der Waals surface area contributed by atoms with Gasteiger partial charge in [0.15, 0.2) is 0 Å². The van der Waals surface area contributed by atoms with Crippen molar-refractivity contribution in [2.24, 2.45) is 0 Å². The Morgan fingerprint density at radius 3 is 2.60 bits per heavy atom. The molecule has 5 nitrogen and oxygen atoms in total. The fraction of sp³-hybridized carbons (Fsp3) is 0.333. The van der Waals surface area contributed by atoms with Crippen LogP contribution in [0, 0.1) is 0 Å². The van der Waals surface area contributed by atoms with E-state index in [1.165, 1.54) is 0 Å². The summed E-state index contributed by atoms with van der Waals surface area (Å²) in [5.74, 6) is 3.09. The molecular formula is C15H17N3O2. The Bertz CT molecular complexity index is 595. The number of benzene rings is 1. The van der Waals surface area contributed by atoms with Crippen LogP contribution in [0.1, 0.15) is 30.1 Å². The van der Waals surface area contributed by atoms with Crippen molar-refractivity contribution in [2.45, 2.75) is 25.4 Å². The van der Waals surface area contributed by atoms with Gasteiger partial charge in [-0.15, -0.1) is 0 Å². The number of nitrogens with zero attached hydrogens (tertiary/aromatic N) is 2. The summed E-state index contributed by atoms with van der Waals surface area (Å²) in [6, 6.07) is 9.40. The van der Waals surface area contributed by atoms with Crippen LogP contribution in [-0.2, 0) is 6.61 Å². The van der Waals surface area contributed by atoms with Gasteiger partial charge in [-0.3, -0.25) is 0 Å². The van der Waals surface area contributed by atoms with Crippen molar-refractivity contribution in [3.8, 4) is 11.6 Å². The van der Waals surface area contributed by atoms with E-state index in [9.17, 15) is 0 Å². The van der Waals surface area contributed by atoms with Gasteiger partial charge in [0.05, 0.1) is 7.11 Å². The van der Waals surface area contributed by atoms with Crippen molar-refractivity contribution in [1.82, 2.24) is 9.97 Å². The number of methoxy groups -OCH3 is 1. The predicted molar refractivity (Wildman–Crippen MR) is 75.7 cm³/mol. The maximum Gasteiger partial charge on any atom is 0.219 e. The van der Waals surface area contributed by atoms with Crippen LogP contribution in [0.2, 0.25) is 0 Å². The summed E-state index contributed by atoms with van der Waals surface area (Å²) in [4.78, 5) is 8.65. The van der Waals surface area contributed by atoms with Crippen LogP contribution in [0.5, 0.6) is 11.6 Å². The van der Waals surface area contributed by atoms with E-state index in [1.54, 1.807) is 13.2 Å². The van der Waals surface area contributed by atoms with E-state index in [0.717, 1.165) is 30.0 Å². The highest BCUT2D eigenvalue weighted by Crippen LogP contribution is 2.38. The van der Waals surface area contributed by atoms with E-state index in [0.29, 0.717) is 24.2 Å². The molecule has 1 saturated carbocycles. The fourth-order valence-electron chi connectivity index (χ4n) is 1.94. The lowest BCUT2D eigenvalue weighted by molar-refractivity contribution is 0.292. The molecule has 0 bridgehead atoms. The summed E-state index contributed by atoms with van der Waals surface area (Å²) in [5, 5.41) is 0. The third-order valence-corrected chi connectivity index (χ3v) is 3.23. The summed E-state index contributed by atoms with van der Waals surface area (Å²) in [6.07, 6.45) is 2.28. The second-order valence-corrected chi connectivity index (χ2v) is 4.90. The molecule has 1 heterocycles. The Morgan fingerprint density at radius 2 is 1.95 bits per heavy atom. The third-order valence-electron chi connectivity index (χ3n) is 3.23. The molecule has 0 aliphatic heterocycles. The van der Waals surface area contributed by atoms with Crippen molar-refractivity contribution in [3.63, 3.8) is 0 Å². The lowest BCUT2D eigenvalue weighted by Crippen LogP contribution is -2.03. The SMILES string of the molecule is COc1ccc(COc2cc(N)nc(C3CC3)n2)cc1. The Kier molecular flexibility index (Phi) is 3.41. The van der Waals surface area contributed by atoms with Crippen molar-refractivity contribution in [2.75, 3.05) is 12.8 Å². The highest BCUT2D eigenvalue weighted by atomic mass is 16.5. The molecule has 20 heavy (non-hydrogen) atoms. The quantitative estimate of drug-likeness (QED) is 0.904. The van der Waals surface area contributed by atoms with Crippen molar-refractivity contribution < 1.29 is 9.47 Å². The Labute approximate surface area is 117 Å². The second kappa shape index (κ2) is 5.36. The zero-order chi connectivity index (χ0) is 13.9. The van der Waals surface area contributed by atoms with Gasteiger partial charge < -0.3 is 15.2 Å².